The van der Waals surface area contributed by atoms with Crippen molar-refractivity contribution in [3.05, 3.63) is 41.8 Å². The zero-order valence-corrected chi connectivity index (χ0v) is 16.9. The largest absolute Gasteiger partial charge is 0.497 e. The van der Waals surface area contributed by atoms with Crippen LogP contribution >= 0.6 is 11.3 Å². The van der Waals surface area contributed by atoms with Crippen LogP contribution in [0.1, 0.15) is 12.8 Å². The van der Waals surface area contributed by atoms with Crippen LogP contribution in [0.4, 0.5) is 5.69 Å². The SMILES string of the molecule is COc1ccc(NC(=O)C(=O)NC[C@H]2CCCN2S(=O)(=O)c2cccs2)cc1. The first-order valence-electron chi connectivity index (χ1n) is 8.70. The summed E-state index contributed by atoms with van der Waals surface area (Å²) >= 11 is 1.16. The van der Waals surface area contributed by atoms with Gasteiger partial charge in [0, 0.05) is 24.8 Å². The monoisotopic (exact) mass is 423 g/mol. The molecule has 0 spiro atoms. The molecule has 0 bridgehead atoms. The highest BCUT2D eigenvalue weighted by Gasteiger charge is 2.36. The van der Waals surface area contributed by atoms with Crippen LogP contribution in [0.3, 0.4) is 0 Å². The van der Waals surface area contributed by atoms with Gasteiger partial charge in [0.1, 0.15) is 9.96 Å². The predicted octanol–water partition coefficient (Wildman–Crippen LogP) is 1.66. The Morgan fingerprint density at radius 3 is 2.61 bits per heavy atom. The zero-order chi connectivity index (χ0) is 20.1. The molecule has 1 fully saturated rings. The predicted molar refractivity (Wildman–Crippen MR) is 106 cm³/mol. The minimum atomic E-state index is -3.58. The number of sulfonamides is 1. The molecule has 2 heterocycles. The Morgan fingerprint density at radius 1 is 1.21 bits per heavy atom. The first kappa shape index (κ1) is 20.3. The number of carbonyl (C=O) groups excluding carboxylic acids is 2. The Balaban J connectivity index is 1.56. The van der Waals surface area contributed by atoms with E-state index in [4.69, 9.17) is 4.74 Å². The zero-order valence-electron chi connectivity index (χ0n) is 15.3. The van der Waals surface area contributed by atoms with Gasteiger partial charge in [0.15, 0.2) is 0 Å². The quantitative estimate of drug-likeness (QED) is 0.688. The van der Waals surface area contributed by atoms with Gasteiger partial charge < -0.3 is 15.4 Å². The van der Waals surface area contributed by atoms with Gasteiger partial charge in [-0.25, -0.2) is 8.42 Å². The molecule has 1 aliphatic rings. The third kappa shape index (κ3) is 4.51. The second-order valence-electron chi connectivity index (χ2n) is 6.24. The molecule has 1 aliphatic heterocycles. The fourth-order valence-electron chi connectivity index (χ4n) is 3.01. The molecule has 1 aromatic heterocycles. The summed E-state index contributed by atoms with van der Waals surface area (Å²) in [7, 11) is -2.05. The van der Waals surface area contributed by atoms with E-state index < -0.39 is 21.8 Å². The average Bonchev–Trinajstić information content (AvgIpc) is 3.39. The smallest absolute Gasteiger partial charge is 0.313 e. The van der Waals surface area contributed by atoms with Crippen molar-refractivity contribution in [3.8, 4) is 5.75 Å². The Labute approximate surface area is 167 Å². The summed E-state index contributed by atoms with van der Waals surface area (Å²) in [6.07, 6.45) is 1.34. The van der Waals surface area contributed by atoms with Gasteiger partial charge in [-0.1, -0.05) is 6.07 Å². The van der Waals surface area contributed by atoms with Gasteiger partial charge in [-0.3, -0.25) is 9.59 Å². The van der Waals surface area contributed by atoms with Crippen molar-refractivity contribution >= 4 is 38.9 Å². The Morgan fingerprint density at radius 2 is 1.96 bits per heavy atom. The van der Waals surface area contributed by atoms with Gasteiger partial charge in [0.05, 0.1) is 7.11 Å². The Hall–Kier alpha value is -2.43. The van der Waals surface area contributed by atoms with Crippen LogP contribution in [0.2, 0.25) is 0 Å². The molecule has 150 valence electrons. The van der Waals surface area contributed by atoms with E-state index in [1.807, 2.05) is 0 Å². The van der Waals surface area contributed by atoms with E-state index in [1.54, 1.807) is 41.8 Å². The van der Waals surface area contributed by atoms with E-state index >= 15 is 0 Å². The van der Waals surface area contributed by atoms with E-state index in [0.717, 1.165) is 11.3 Å². The number of ether oxygens (including phenoxy) is 1. The van der Waals surface area contributed by atoms with Crippen molar-refractivity contribution < 1.29 is 22.7 Å². The van der Waals surface area contributed by atoms with E-state index in [1.165, 1.54) is 11.4 Å². The summed E-state index contributed by atoms with van der Waals surface area (Å²) in [6, 6.07) is 9.46. The number of thiophene rings is 1. The van der Waals surface area contributed by atoms with Crippen LogP contribution < -0.4 is 15.4 Å². The lowest BCUT2D eigenvalue weighted by molar-refractivity contribution is -0.136. The second kappa shape index (κ2) is 8.72. The highest BCUT2D eigenvalue weighted by molar-refractivity contribution is 7.91. The maximum atomic E-state index is 12.7. The lowest BCUT2D eigenvalue weighted by Crippen LogP contribution is -2.45. The molecule has 1 saturated heterocycles. The second-order valence-corrected chi connectivity index (χ2v) is 9.30. The fraction of sp³-hybridized carbons (Fsp3) is 0.333. The molecule has 8 nitrogen and oxygen atoms in total. The summed E-state index contributed by atoms with van der Waals surface area (Å²) in [5, 5.41) is 6.74. The highest BCUT2D eigenvalue weighted by Crippen LogP contribution is 2.28. The molecule has 0 radical (unpaired) electrons. The van der Waals surface area contributed by atoms with Crippen LogP contribution in [0, 0.1) is 0 Å². The third-order valence-corrected chi connectivity index (χ3v) is 7.76. The molecule has 28 heavy (non-hydrogen) atoms. The topological polar surface area (TPSA) is 105 Å². The van der Waals surface area contributed by atoms with E-state index in [0.29, 0.717) is 30.8 Å². The minimum absolute atomic E-state index is 0.0828. The standard InChI is InChI=1S/C18H21N3O5S2/c1-26-15-8-6-13(7-9-15)20-18(23)17(22)19-12-14-4-2-10-21(14)28(24,25)16-5-3-11-27-16/h3,5-9,11,14H,2,4,10,12H2,1H3,(H,19,22)(H,20,23)/t14-/m1/s1. The average molecular weight is 424 g/mol. The molecule has 1 atom stereocenters. The summed E-state index contributed by atoms with van der Waals surface area (Å²) in [5.41, 5.74) is 0.462. The van der Waals surface area contributed by atoms with Crippen LogP contribution in [-0.4, -0.2) is 50.8 Å². The summed E-state index contributed by atoms with van der Waals surface area (Å²) in [4.78, 5) is 24.2. The number of rotatable bonds is 6. The van der Waals surface area contributed by atoms with Crippen LogP contribution in [0.15, 0.2) is 46.0 Å². The number of benzene rings is 1. The van der Waals surface area contributed by atoms with Gasteiger partial charge >= 0.3 is 11.8 Å². The molecule has 3 rings (SSSR count). The van der Waals surface area contributed by atoms with E-state index in [2.05, 4.69) is 10.6 Å². The van der Waals surface area contributed by atoms with Crippen molar-refractivity contribution in [2.45, 2.75) is 23.1 Å². The number of anilines is 1. The number of carbonyl (C=O) groups is 2. The Kier molecular flexibility index (Phi) is 6.32. The molecule has 0 aliphatic carbocycles. The molecule has 10 heteroatoms. The fourth-order valence-corrected chi connectivity index (χ4v) is 5.82. The maximum Gasteiger partial charge on any atom is 0.313 e. The van der Waals surface area contributed by atoms with Gasteiger partial charge in [0.25, 0.3) is 10.0 Å². The maximum absolute atomic E-state index is 12.7. The van der Waals surface area contributed by atoms with Gasteiger partial charge in [-0.15, -0.1) is 11.3 Å². The Bertz CT molecular complexity index is 927. The molecule has 2 N–H and O–H groups in total. The van der Waals surface area contributed by atoms with Gasteiger partial charge in [0.2, 0.25) is 0 Å². The first-order chi connectivity index (χ1) is 13.4. The first-order valence-corrected chi connectivity index (χ1v) is 11.0. The number of hydrogen-bond acceptors (Lipinski definition) is 6. The molecular weight excluding hydrogens is 402 g/mol. The third-order valence-electron chi connectivity index (χ3n) is 4.43. The summed E-state index contributed by atoms with van der Waals surface area (Å²) in [5.74, 6) is -0.984. The molecule has 2 aromatic rings. The molecule has 0 unspecified atom stereocenters. The van der Waals surface area contributed by atoms with Gasteiger partial charge in [-0.2, -0.15) is 4.31 Å². The number of hydrogen-bond donors (Lipinski definition) is 2. The van der Waals surface area contributed by atoms with Crippen molar-refractivity contribution in [2.24, 2.45) is 0 Å². The molecular formula is C18H21N3O5S2. The van der Waals surface area contributed by atoms with Crippen molar-refractivity contribution in [1.82, 2.24) is 9.62 Å². The van der Waals surface area contributed by atoms with Crippen LogP contribution in [0.25, 0.3) is 0 Å². The molecule has 1 aromatic carbocycles. The summed E-state index contributed by atoms with van der Waals surface area (Å²) in [6.45, 7) is 0.484. The molecule has 2 amide bonds. The lowest BCUT2D eigenvalue weighted by Gasteiger charge is -2.23. The van der Waals surface area contributed by atoms with E-state index in [-0.39, 0.29) is 16.8 Å². The molecule has 0 saturated carbocycles. The van der Waals surface area contributed by atoms with Crippen LogP contribution in [0.5, 0.6) is 5.75 Å². The lowest BCUT2D eigenvalue weighted by atomic mass is 10.2. The highest BCUT2D eigenvalue weighted by atomic mass is 32.2. The van der Waals surface area contributed by atoms with Crippen molar-refractivity contribution in [2.75, 3.05) is 25.5 Å². The normalized spacial score (nSPS) is 17.2. The van der Waals surface area contributed by atoms with Crippen molar-refractivity contribution in [3.63, 3.8) is 0 Å². The number of nitrogens with one attached hydrogen (secondary N) is 2. The number of nitrogens with zero attached hydrogens (tertiary/aromatic N) is 1. The number of methoxy groups -OCH3 is 1. The summed E-state index contributed by atoms with van der Waals surface area (Å²) < 4.78 is 32.1. The minimum Gasteiger partial charge on any atom is -0.497 e. The van der Waals surface area contributed by atoms with Gasteiger partial charge in [-0.05, 0) is 48.6 Å². The van der Waals surface area contributed by atoms with Crippen LogP contribution in [-0.2, 0) is 19.6 Å². The van der Waals surface area contributed by atoms with Crippen molar-refractivity contribution in [1.29, 1.82) is 0 Å². The number of amides is 2. The van der Waals surface area contributed by atoms with E-state index in [9.17, 15) is 18.0 Å².